The molecule has 1 aliphatic rings. The summed E-state index contributed by atoms with van der Waals surface area (Å²) in [5.74, 6) is 0.740. The van der Waals surface area contributed by atoms with Gasteiger partial charge in [-0.2, -0.15) is 0 Å². The van der Waals surface area contributed by atoms with Crippen LogP contribution in [0.25, 0.3) is 10.9 Å². The fraction of sp³-hybridized carbons (Fsp3) is 0.467. The largest absolute Gasteiger partial charge is 0.309 e. The maximum absolute atomic E-state index is 12.3. The smallest absolute Gasteiger partial charge is 0.258 e. The molecule has 1 atom stereocenters. The van der Waals surface area contributed by atoms with Gasteiger partial charge in [0.15, 0.2) is 0 Å². The van der Waals surface area contributed by atoms with Crippen LogP contribution >= 0.6 is 31.9 Å². The lowest BCUT2D eigenvalue weighted by molar-refractivity contribution is 0.149. The van der Waals surface area contributed by atoms with Gasteiger partial charge in [0.25, 0.3) is 5.56 Å². The van der Waals surface area contributed by atoms with E-state index in [2.05, 4.69) is 53.7 Å². The molecule has 0 radical (unpaired) electrons. The van der Waals surface area contributed by atoms with Gasteiger partial charge in [-0.1, -0.05) is 22.4 Å². The Morgan fingerprint density at radius 1 is 1.38 bits per heavy atom. The van der Waals surface area contributed by atoms with Gasteiger partial charge in [-0.25, -0.2) is 4.98 Å². The summed E-state index contributed by atoms with van der Waals surface area (Å²) in [7, 11) is 0. The van der Waals surface area contributed by atoms with E-state index in [0.29, 0.717) is 18.0 Å². The highest BCUT2D eigenvalue weighted by Gasteiger charge is 2.19. The Morgan fingerprint density at radius 2 is 2.19 bits per heavy atom. The molecule has 2 heterocycles. The molecule has 112 valence electrons. The predicted molar refractivity (Wildman–Crippen MR) is 91.5 cm³/mol. The Hall–Kier alpha value is -0.720. The Bertz CT molecular complexity index is 729. The quantitative estimate of drug-likeness (QED) is 0.812. The Kier molecular flexibility index (Phi) is 4.47. The summed E-state index contributed by atoms with van der Waals surface area (Å²) in [5, 5.41) is 0.603. The lowest BCUT2D eigenvalue weighted by atomic mass is 10.0. The lowest BCUT2D eigenvalue weighted by Gasteiger charge is -2.32. The van der Waals surface area contributed by atoms with Crippen molar-refractivity contribution < 1.29 is 0 Å². The van der Waals surface area contributed by atoms with E-state index in [1.165, 1.54) is 19.3 Å². The fourth-order valence-corrected chi connectivity index (χ4v) is 4.19. The van der Waals surface area contributed by atoms with Gasteiger partial charge < -0.3 is 4.98 Å². The first-order valence-corrected chi connectivity index (χ1v) is 8.75. The highest BCUT2D eigenvalue weighted by Crippen LogP contribution is 2.25. The van der Waals surface area contributed by atoms with E-state index in [4.69, 9.17) is 0 Å². The Balaban J connectivity index is 1.98. The topological polar surface area (TPSA) is 49.0 Å². The number of rotatable bonds is 2. The second-order valence-electron chi connectivity index (χ2n) is 5.61. The van der Waals surface area contributed by atoms with Crippen molar-refractivity contribution >= 4 is 42.8 Å². The van der Waals surface area contributed by atoms with Crippen LogP contribution in [0.5, 0.6) is 0 Å². The third-order valence-corrected chi connectivity index (χ3v) is 5.13. The van der Waals surface area contributed by atoms with Crippen molar-refractivity contribution in [2.75, 3.05) is 6.54 Å². The zero-order valence-electron chi connectivity index (χ0n) is 11.8. The molecule has 6 heteroatoms. The molecular weight excluding hydrogens is 398 g/mol. The highest BCUT2D eigenvalue weighted by molar-refractivity contribution is 9.11. The van der Waals surface area contributed by atoms with Gasteiger partial charge in [0.2, 0.25) is 0 Å². The van der Waals surface area contributed by atoms with Crippen LogP contribution < -0.4 is 5.56 Å². The zero-order valence-corrected chi connectivity index (χ0v) is 15.0. The first-order valence-electron chi connectivity index (χ1n) is 7.16. The minimum Gasteiger partial charge on any atom is -0.309 e. The molecule has 1 fully saturated rings. The van der Waals surface area contributed by atoms with Crippen molar-refractivity contribution in [3.8, 4) is 0 Å². The number of hydrogen-bond acceptors (Lipinski definition) is 3. The van der Waals surface area contributed by atoms with Crippen molar-refractivity contribution in [1.82, 2.24) is 14.9 Å². The van der Waals surface area contributed by atoms with Gasteiger partial charge in [0, 0.05) is 15.0 Å². The second-order valence-corrected chi connectivity index (χ2v) is 7.38. The van der Waals surface area contributed by atoms with E-state index in [1.807, 2.05) is 6.07 Å². The summed E-state index contributed by atoms with van der Waals surface area (Å²) >= 11 is 6.90. The summed E-state index contributed by atoms with van der Waals surface area (Å²) in [5.41, 5.74) is 0.642. The number of nitrogens with zero attached hydrogens (tertiary/aromatic N) is 2. The number of likely N-dealkylation sites (tertiary alicyclic amines) is 1. The van der Waals surface area contributed by atoms with Crippen molar-refractivity contribution in [3.05, 3.63) is 37.3 Å². The first-order chi connectivity index (χ1) is 10.0. The molecule has 1 N–H and O–H groups in total. The van der Waals surface area contributed by atoms with Crippen LogP contribution in [0.1, 0.15) is 32.0 Å². The van der Waals surface area contributed by atoms with Gasteiger partial charge in [0.1, 0.15) is 5.82 Å². The normalized spacial score (nSPS) is 20.0. The molecule has 1 aromatic carbocycles. The van der Waals surface area contributed by atoms with E-state index in [-0.39, 0.29) is 5.56 Å². The number of piperidine rings is 1. The van der Waals surface area contributed by atoms with E-state index >= 15 is 0 Å². The monoisotopic (exact) mass is 413 g/mol. The van der Waals surface area contributed by atoms with Gasteiger partial charge in [-0.3, -0.25) is 9.69 Å². The van der Waals surface area contributed by atoms with Crippen LogP contribution in [0, 0.1) is 0 Å². The van der Waals surface area contributed by atoms with Crippen LogP contribution in [-0.2, 0) is 6.54 Å². The van der Waals surface area contributed by atoms with Gasteiger partial charge >= 0.3 is 0 Å². The molecule has 1 saturated heterocycles. The van der Waals surface area contributed by atoms with Gasteiger partial charge in [-0.15, -0.1) is 0 Å². The third-order valence-electron chi connectivity index (χ3n) is 4.07. The van der Waals surface area contributed by atoms with Crippen LogP contribution in [-0.4, -0.2) is 27.5 Å². The minimum atomic E-state index is -0.0818. The maximum Gasteiger partial charge on any atom is 0.258 e. The average molecular weight is 415 g/mol. The van der Waals surface area contributed by atoms with Crippen LogP contribution in [0.3, 0.4) is 0 Å². The number of benzene rings is 1. The van der Waals surface area contributed by atoms with Crippen LogP contribution in [0.4, 0.5) is 0 Å². The van der Waals surface area contributed by atoms with Crippen molar-refractivity contribution in [3.63, 3.8) is 0 Å². The summed E-state index contributed by atoms with van der Waals surface area (Å²) in [6.45, 7) is 4.02. The summed E-state index contributed by atoms with van der Waals surface area (Å²) < 4.78 is 1.71. The Labute approximate surface area is 140 Å². The molecule has 1 aromatic heterocycles. The summed E-state index contributed by atoms with van der Waals surface area (Å²) in [4.78, 5) is 22.2. The van der Waals surface area contributed by atoms with Crippen LogP contribution in [0.15, 0.2) is 25.9 Å². The van der Waals surface area contributed by atoms with Gasteiger partial charge in [0.05, 0.1) is 17.4 Å². The molecule has 0 spiro atoms. The molecule has 0 saturated carbocycles. The van der Waals surface area contributed by atoms with Gasteiger partial charge in [-0.05, 0) is 54.4 Å². The Morgan fingerprint density at radius 3 is 2.95 bits per heavy atom. The maximum atomic E-state index is 12.3. The minimum absolute atomic E-state index is 0.0818. The first kappa shape index (κ1) is 15.2. The highest BCUT2D eigenvalue weighted by atomic mass is 79.9. The number of fused-ring (bicyclic) bond motifs is 1. The summed E-state index contributed by atoms with van der Waals surface area (Å²) in [6, 6.07) is 4.27. The lowest BCUT2D eigenvalue weighted by Crippen LogP contribution is -2.37. The number of aromatic amines is 1. The fourth-order valence-electron chi connectivity index (χ4n) is 2.87. The number of hydrogen-bond donors (Lipinski definition) is 1. The van der Waals surface area contributed by atoms with E-state index in [0.717, 1.165) is 26.8 Å². The standard InChI is InChI=1S/C15H17Br2N3O/c1-9-4-2-3-5-20(9)8-13-18-14-11(15(21)19-13)6-10(16)7-12(14)17/h6-7,9H,2-5,8H2,1H3,(H,18,19,21)/t9-/m0/s1. The van der Waals surface area contributed by atoms with E-state index in [1.54, 1.807) is 6.07 Å². The molecule has 3 rings (SSSR count). The molecule has 4 nitrogen and oxygen atoms in total. The SMILES string of the molecule is C[C@H]1CCCCN1Cc1nc2c(Br)cc(Br)cc2c(=O)[nH]1. The van der Waals surface area contributed by atoms with Crippen LogP contribution in [0.2, 0.25) is 0 Å². The molecule has 21 heavy (non-hydrogen) atoms. The van der Waals surface area contributed by atoms with E-state index < -0.39 is 0 Å². The molecule has 0 unspecified atom stereocenters. The molecular formula is C15H17Br2N3O. The molecule has 1 aliphatic heterocycles. The van der Waals surface area contributed by atoms with Crippen molar-refractivity contribution in [1.29, 1.82) is 0 Å². The summed E-state index contributed by atoms with van der Waals surface area (Å²) in [6.07, 6.45) is 3.73. The molecule has 0 bridgehead atoms. The second kappa shape index (κ2) is 6.18. The third kappa shape index (κ3) is 3.22. The van der Waals surface area contributed by atoms with Crippen molar-refractivity contribution in [2.45, 2.75) is 38.8 Å². The number of aromatic nitrogens is 2. The molecule has 0 amide bonds. The number of H-pyrrole nitrogens is 1. The molecule has 2 aromatic rings. The predicted octanol–water partition coefficient (Wildman–Crippen LogP) is 3.82. The number of nitrogens with one attached hydrogen (secondary N) is 1. The van der Waals surface area contributed by atoms with E-state index in [9.17, 15) is 4.79 Å². The average Bonchev–Trinajstić information content (AvgIpc) is 2.43. The number of halogens is 2. The molecule has 0 aliphatic carbocycles. The van der Waals surface area contributed by atoms with Crippen molar-refractivity contribution in [2.24, 2.45) is 0 Å². The zero-order chi connectivity index (χ0) is 15.0.